The Morgan fingerprint density at radius 1 is 1.30 bits per heavy atom. The van der Waals surface area contributed by atoms with Crippen molar-refractivity contribution in [3.8, 4) is 0 Å². The molecule has 1 aromatic carbocycles. The third kappa shape index (κ3) is 4.31. The summed E-state index contributed by atoms with van der Waals surface area (Å²) in [4.78, 5) is 34.5. The van der Waals surface area contributed by atoms with Gasteiger partial charge in [0.05, 0.1) is 5.39 Å². The second-order valence-corrected chi connectivity index (χ2v) is 10.1. The largest absolute Gasteiger partial charge is 0.326 e. The first-order valence-corrected chi connectivity index (χ1v) is 11.1. The fraction of sp³-hybridized carbons (Fsp3) is 0.435. The van der Waals surface area contributed by atoms with Gasteiger partial charge in [0.2, 0.25) is 5.91 Å². The lowest BCUT2D eigenvalue weighted by Gasteiger charge is -2.33. The topological polar surface area (TPSA) is 74.8 Å². The quantitative estimate of drug-likeness (QED) is 0.625. The number of hydrogen-bond acceptors (Lipinski definition) is 4. The van der Waals surface area contributed by atoms with Crippen molar-refractivity contribution in [1.29, 1.82) is 0 Å². The van der Waals surface area contributed by atoms with Gasteiger partial charge >= 0.3 is 0 Å². The van der Waals surface area contributed by atoms with Crippen LogP contribution in [0.2, 0.25) is 0 Å². The molecule has 0 unspecified atom stereocenters. The molecule has 5 nitrogen and oxygen atoms in total. The summed E-state index contributed by atoms with van der Waals surface area (Å²) < 4.78 is 13.0. The van der Waals surface area contributed by atoms with E-state index in [1.165, 1.54) is 29.1 Å². The molecule has 2 N–H and O–H groups in total. The van der Waals surface area contributed by atoms with Crippen LogP contribution in [0.1, 0.15) is 49.9 Å². The molecule has 3 aromatic rings. The molecule has 1 aliphatic rings. The molecule has 7 heteroatoms. The second kappa shape index (κ2) is 7.95. The zero-order chi connectivity index (χ0) is 21.5. The summed E-state index contributed by atoms with van der Waals surface area (Å²) in [5, 5.41) is 3.45. The minimum atomic E-state index is -0.351. The number of carbonyl (C=O) groups is 1. The van der Waals surface area contributed by atoms with Crippen LogP contribution in [0.4, 0.5) is 10.1 Å². The third-order valence-electron chi connectivity index (χ3n) is 5.91. The van der Waals surface area contributed by atoms with Crippen LogP contribution in [0.5, 0.6) is 0 Å². The number of nitrogens with one attached hydrogen (secondary N) is 2. The first-order valence-electron chi connectivity index (χ1n) is 10.3. The maximum atomic E-state index is 13.0. The average Bonchev–Trinajstić information content (AvgIpc) is 3.05. The molecule has 0 saturated heterocycles. The van der Waals surface area contributed by atoms with Gasteiger partial charge in [-0.1, -0.05) is 20.8 Å². The minimum Gasteiger partial charge on any atom is -0.326 e. The molecule has 1 aliphatic carbocycles. The van der Waals surface area contributed by atoms with Crippen molar-refractivity contribution in [2.24, 2.45) is 11.3 Å². The van der Waals surface area contributed by atoms with Crippen LogP contribution in [0.15, 0.2) is 29.1 Å². The smallest absolute Gasteiger partial charge is 0.259 e. The summed E-state index contributed by atoms with van der Waals surface area (Å²) in [6, 6.07) is 5.62. The fourth-order valence-corrected chi connectivity index (χ4v) is 5.39. The molecular weight excluding hydrogens is 401 g/mol. The standard InChI is InChI=1S/C23H26FN3O2S/c1-23(2,3)13-4-9-16-17(12-13)30-22-20(16)21(29)26-18(27-22)10-11-19(28)25-15-7-5-14(24)6-8-15/h5-8,13H,4,9-12H2,1-3H3,(H,25,28)(H,26,27,29)/t13-/m0/s1. The van der Waals surface area contributed by atoms with Crippen LogP contribution in [-0.2, 0) is 24.1 Å². The number of thiophene rings is 1. The molecule has 0 aliphatic heterocycles. The molecule has 0 fully saturated rings. The van der Waals surface area contributed by atoms with Gasteiger partial charge in [-0.3, -0.25) is 9.59 Å². The van der Waals surface area contributed by atoms with E-state index in [1.54, 1.807) is 11.3 Å². The van der Waals surface area contributed by atoms with Crippen LogP contribution in [0.3, 0.4) is 0 Å². The van der Waals surface area contributed by atoms with Crippen molar-refractivity contribution >= 4 is 33.1 Å². The normalized spacial score (nSPS) is 16.5. The molecule has 0 saturated carbocycles. The maximum Gasteiger partial charge on any atom is 0.259 e. The Labute approximate surface area is 178 Å². The number of aromatic amines is 1. The highest BCUT2D eigenvalue weighted by Gasteiger charge is 2.31. The van der Waals surface area contributed by atoms with Crippen LogP contribution in [0, 0.1) is 17.2 Å². The van der Waals surface area contributed by atoms with Gasteiger partial charge in [0.15, 0.2) is 0 Å². The van der Waals surface area contributed by atoms with Crippen molar-refractivity contribution in [3.05, 3.63) is 56.7 Å². The highest BCUT2D eigenvalue weighted by Crippen LogP contribution is 2.41. The molecule has 1 amide bonds. The first kappa shape index (κ1) is 20.7. The Morgan fingerprint density at radius 2 is 2.03 bits per heavy atom. The lowest BCUT2D eigenvalue weighted by molar-refractivity contribution is -0.116. The molecule has 0 bridgehead atoms. The van der Waals surface area contributed by atoms with Crippen LogP contribution < -0.4 is 10.9 Å². The maximum absolute atomic E-state index is 13.0. The van der Waals surface area contributed by atoms with E-state index in [1.807, 2.05) is 0 Å². The summed E-state index contributed by atoms with van der Waals surface area (Å²) in [6.07, 6.45) is 3.53. The van der Waals surface area contributed by atoms with Crippen molar-refractivity contribution in [1.82, 2.24) is 9.97 Å². The summed E-state index contributed by atoms with van der Waals surface area (Å²) in [5.41, 5.74) is 1.83. The van der Waals surface area contributed by atoms with Gasteiger partial charge in [-0.25, -0.2) is 9.37 Å². The van der Waals surface area contributed by atoms with E-state index in [0.717, 1.165) is 35.0 Å². The van der Waals surface area contributed by atoms with Crippen molar-refractivity contribution in [2.45, 2.75) is 52.9 Å². The van der Waals surface area contributed by atoms with Gasteiger partial charge in [0, 0.05) is 23.4 Å². The Bertz CT molecular complexity index is 1140. The van der Waals surface area contributed by atoms with Gasteiger partial charge in [0.1, 0.15) is 16.5 Å². The van der Waals surface area contributed by atoms with Gasteiger partial charge in [-0.15, -0.1) is 11.3 Å². The highest BCUT2D eigenvalue weighted by molar-refractivity contribution is 7.18. The van der Waals surface area contributed by atoms with E-state index in [2.05, 4.69) is 36.1 Å². The second-order valence-electron chi connectivity index (χ2n) is 9.06. The van der Waals surface area contributed by atoms with Crippen molar-refractivity contribution in [2.75, 3.05) is 5.32 Å². The number of benzene rings is 1. The molecule has 2 aromatic heterocycles. The SMILES string of the molecule is CC(C)(C)[C@H]1CCc2c(sc3nc(CCC(=O)Nc4ccc(F)cc4)[nH]c(=O)c23)C1. The number of nitrogens with zero attached hydrogens (tertiary/aromatic N) is 1. The molecule has 158 valence electrons. The summed E-state index contributed by atoms with van der Waals surface area (Å²) >= 11 is 1.62. The van der Waals surface area contributed by atoms with E-state index in [-0.39, 0.29) is 29.1 Å². The Kier molecular flexibility index (Phi) is 5.49. The number of amides is 1. The molecule has 30 heavy (non-hydrogen) atoms. The molecular formula is C23H26FN3O2S. The number of aryl methyl sites for hydroxylation is 2. The van der Waals surface area contributed by atoms with Gasteiger partial charge in [-0.05, 0) is 60.4 Å². The molecule has 1 atom stereocenters. The monoisotopic (exact) mass is 427 g/mol. The predicted octanol–water partition coefficient (Wildman–Crippen LogP) is 4.85. The first-order chi connectivity index (χ1) is 14.2. The summed E-state index contributed by atoms with van der Waals surface area (Å²) in [7, 11) is 0. The summed E-state index contributed by atoms with van der Waals surface area (Å²) in [6.45, 7) is 6.82. The van der Waals surface area contributed by atoms with Crippen LogP contribution in [-0.4, -0.2) is 15.9 Å². The zero-order valence-electron chi connectivity index (χ0n) is 17.5. The number of rotatable bonds is 4. The Hall–Kier alpha value is -2.54. The average molecular weight is 428 g/mol. The molecule has 0 spiro atoms. The minimum absolute atomic E-state index is 0.111. The van der Waals surface area contributed by atoms with E-state index >= 15 is 0 Å². The number of fused-ring (bicyclic) bond motifs is 3. The van der Waals surface area contributed by atoms with Gasteiger partial charge in [0.25, 0.3) is 5.56 Å². The van der Waals surface area contributed by atoms with E-state index in [4.69, 9.17) is 0 Å². The van der Waals surface area contributed by atoms with Gasteiger partial charge < -0.3 is 10.3 Å². The Balaban J connectivity index is 1.49. The molecule has 0 radical (unpaired) electrons. The predicted molar refractivity (Wildman–Crippen MR) is 119 cm³/mol. The lowest BCUT2D eigenvalue weighted by Crippen LogP contribution is -2.26. The zero-order valence-corrected chi connectivity index (χ0v) is 18.3. The number of aromatic nitrogens is 2. The lowest BCUT2D eigenvalue weighted by atomic mass is 9.72. The summed E-state index contributed by atoms with van der Waals surface area (Å²) in [5.74, 6) is 0.567. The van der Waals surface area contributed by atoms with Crippen LogP contribution in [0.25, 0.3) is 10.2 Å². The number of hydrogen-bond donors (Lipinski definition) is 2. The third-order valence-corrected chi connectivity index (χ3v) is 7.06. The molecule has 4 rings (SSSR count). The number of H-pyrrole nitrogens is 1. The molecule has 2 heterocycles. The number of carbonyl (C=O) groups excluding carboxylic acids is 1. The van der Waals surface area contributed by atoms with E-state index < -0.39 is 0 Å². The highest BCUT2D eigenvalue weighted by atomic mass is 32.1. The van der Waals surface area contributed by atoms with Crippen molar-refractivity contribution in [3.63, 3.8) is 0 Å². The van der Waals surface area contributed by atoms with Crippen molar-refractivity contribution < 1.29 is 9.18 Å². The number of anilines is 1. The Morgan fingerprint density at radius 3 is 2.73 bits per heavy atom. The fourth-order valence-electron chi connectivity index (χ4n) is 4.07. The van der Waals surface area contributed by atoms with Crippen LogP contribution >= 0.6 is 11.3 Å². The number of halogens is 1. The van der Waals surface area contributed by atoms with Gasteiger partial charge in [-0.2, -0.15) is 0 Å². The van der Waals surface area contributed by atoms with E-state index in [9.17, 15) is 14.0 Å². The van der Waals surface area contributed by atoms with E-state index in [0.29, 0.717) is 23.9 Å².